The molecule has 3 atom stereocenters. The van der Waals surface area contributed by atoms with Crippen molar-refractivity contribution >= 4 is 5.97 Å². The van der Waals surface area contributed by atoms with E-state index in [0.717, 1.165) is 57.6 Å². The van der Waals surface area contributed by atoms with Crippen LogP contribution in [-0.4, -0.2) is 48.3 Å². The minimum atomic E-state index is -0.753. The Morgan fingerprint density at radius 2 is 1.96 bits per heavy atom. The number of nitrogens with zero attached hydrogens (tertiary/aromatic N) is 1. The van der Waals surface area contributed by atoms with Gasteiger partial charge in [-0.1, -0.05) is 43.2 Å². The van der Waals surface area contributed by atoms with Gasteiger partial charge in [-0.2, -0.15) is 0 Å². The monoisotopic (exact) mass is 317 g/mol. The molecule has 2 aliphatic rings. The van der Waals surface area contributed by atoms with Crippen LogP contribution in [0.2, 0.25) is 0 Å². The highest BCUT2D eigenvalue weighted by Gasteiger charge is 2.51. The summed E-state index contributed by atoms with van der Waals surface area (Å²) in [6, 6.07) is 10.1. The maximum absolute atomic E-state index is 12.4. The molecule has 126 valence electrons. The zero-order valence-electron chi connectivity index (χ0n) is 13.9. The Morgan fingerprint density at radius 1 is 1.26 bits per heavy atom. The molecule has 0 radical (unpaired) electrons. The third-order valence-corrected chi connectivity index (χ3v) is 5.84. The van der Waals surface area contributed by atoms with Crippen molar-refractivity contribution in [3.8, 4) is 0 Å². The van der Waals surface area contributed by atoms with Crippen LogP contribution in [0.5, 0.6) is 0 Å². The molecule has 0 aromatic heterocycles. The number of morpholine rings is 1. The third kappa shape index (κ3) is 3.02. The summed E-state index contributed by atoms with van der Waals surface area (Å²) in [4.78, 5) is 14.8. The third-order valence-electron chi connectivity index (χ3n) is 5.84. The Labute approximate surface area is 138 Å². The molecule has 4 heteroatoms. The average molecular weight is 317 g/mol. The molecule has 1 aliphatic heterocycles. The highest BCUT2D eigenvalue weighted by atomic mass is 16.5. The minimum Gasteiger partial charge on any atom is -0.481 e. The van der Waals surface area contributed by atoms with E-state index >= 15 is 0 Å². The fourth-order valence-electron chi connectivity index (χ4n) is 4.58. The number of carboxylic acid groups (broad SMARTS) is 1. The van der Waals surface area contributed by atoms with Crippen LogP contribution in [-0.2, 0) is 14.9 Å². The van der Waals surface area contributed by atoms with Crippen molar-refractivity contribution in [2.45, 2.75) is 44.1 Å². The number of benzene rings is 1. The number of hydrogen-bond donors (Lipinski definition) is 1. The first-order valence-corrected chi connectivity index (χ1v) is 8.77. The van der Waals surface area contributed by atoms with E-state index in [0.29, 0.717) is 0 Å². The second-order valence-corrected chi connectivity index (χ2v) is 6.88. The number of ether oxygens (including phenoxy) is 1. The summed E-state index contributed by atoms with van der Waals surface area (Å²) >= 11 is 0. The van der Waals surface area contributed by atoms with Crippen LogP contribution < -0.4 is 0 Å². The molecule has 3 unspecified atom stereocenters. The lowest BCUT2D eigenvalue weighted by Gasteiger charge is -2.48. The van der Waals surface area contributed by atoms with E-state index < -0.39 is 11.4 Å². The van der Waals surface area contributed by atoms with Gasteiger partial charge in [-0.15, -0.1) is 0 Å². The molecule has 1 aliphatic carbocycles. The van der Waals surface area contributed by atoms with Gasteiger partial charge in [0, 0.05) is 19.1 Å². The van der Waals surface area contributed by atoms with E-state index in [-0.39, 0.29) is 12.0 Å². The maximum atomic E-state index is 12.4. The highest BCUT2D eigenvalue weighted by Crippen LogP contribution is 2.46. The molecule has 2 fully saturated rings. The number of carboxylic acids is 1. The molecule has 23 heavy (non-hydrogen) atoms. The van der Waals surface area contributed by atoms with Crippen molar-refractivity contribution in [3.05, 3.63) is 35.9 Å². The molecular formula is C19H27NO3. The number of carbonyl (C=O) groups is 1. The molecule has 1 heterocycles. The van der Waals surface area contributed by atoms with Crippen LogP contribution in [0.1, 0.15) is 38.2 Å². The topological polar surface area (TPSA) is 49.8 Å². The summed E-state index contributed by atoms with van der Waals surface area (Å²) in [6.07, 6.45) is 3.85. The molecule has 0 spiro atoms. The summed E-state index contributed by atoms with van der Waals surface area (Å²) in [5.74, 6) is -0.511. The largest absolute Gasteiger partial charge is 0.481 e. The van der Waals surface area contributed by atoms with Gasteiger partial charge in [0.2, 0.25) is 0 Å². The van der Waals surface area contributed by atoms with Gasteiger partial charge in [0.15, 0.2) is 0 Å². The molecule has 1 saturated carbocycles. The van der Waals surface area contributed by atoms with E-state index in [1.165, 1.54) is 0 Å². The summed E-state index contributed by atoms with van der Waals surface area (Å²) in [7, 11) is 0. The second-order valence-electron chi connectivity index (χ2n) is 6.88. The predicted molar refractivity (Wildman–Crippen MR) is 89.6 cm³/mol. The van der Waals surface area contributed by atoms with Crippen LogP contribution in [0.15, 0.2) is 30.3 Å². The zero-order chi connectivity index (χ0) is 16.3. The molecule has 1 saturated heterocycles. The maximum Gasteiger partial charge on any atom is 0.314 e. The molecule has 1 N–H and O–H groups in total. The van der Waals surface area contributed by atoms with Crippen LogP contribution >= 0.6 is 0 Å². The Balaban J connectivity index is 1.96. The molecule has 1 aromatic carbocycles. The molecule has 0 bridgehead atoms. The van der Waals surface area contributed by atoms with Crippen LogP contribution in [0.4, 0.5) is 0 Å². The van der Waals surface area contributed by atoms with E-state index in [1.54, 1.807) is 0 Å². The van der Waals surface area contributed by atoms with Crippen molar-refractivity contribution in [2.75, 3.05) is 26.3 Å². The van der Waals surface area contributed by atoms with Crippen molar-refractivity contribution < 1.29 is 14.6 Å². The Morgan fingerprint density at radius 3 is 2.61 bits per heavy atom. The predicted octanol–water partition coefficient (Wildman–Crippen LogP) is 2.92. The van der Waals surface area contributed by atoms with Gasteiger partial charge in [0.25, 0.3) is 0 Å². The Bertz CT molecular complexity index is 527. The van der Waals surface area contributed by atoms with Gasteiger partial charge < -0.3 is 9.84 Å². The van der Waals surface area contributed by atoms with Gasteiger partial charge in [0.1, 0.15) is 0 Å². The quantitative estimate of drug-likeness (QED) is 0.927. The minimum absolute atomic E-state index is 0.147. The molecule has 1 aromatic rings. The normalized spacial score (nSPS) is 30.7. The molecule has 4 nitrogen and oxygen atoms in total. The lowest BCUT2D eigenvalue weighted by molar-refractivity contribution is -0.150. The Kier molecular flexibility index (Phi) is 5.02. The summed E-state index contributed by atoms with van der Waals surface area (Å²) < 4.78 is 5.46. The fourth-order valence-corrected chi connectivity index (χ4v) is 4.58. The smallest absolute Gasteiger partial charge is 0.314 e. The SMILES string of the molecule is CC(C1CCCCC1(C(=O)O)c1ccccc1)N1CCOCC1. The number of rotatable bonds is 4. The van der Waals surface area contributed by atoms with Gasteiger partial charge in [-0.3, -0.25) is 9.69 Å². The first-order valence-electron chi connectivity index (χ1n) is 8.77. The summed E-state index contributed by atoms with van der Waals surface area (Å²) in [5.41, 5.74) is 0.217. The van der Waals surface area contributed by atoms with Crippen LogP contribution in [0, 0.1) is 5.92 Å². The first kappa shape index (κ1) is 16.5. The standard InChI is InChI=1S/C19H27NO3/c1-15(20-11-13-23-14-12-20)17-9-5-6-10-19(17,18(21)22)16-7-3-2-4-8-16/h2-4,7-8,15,17H,5-6,9-14H2,1H3,(H,21,22). The van der Waals surface area contributed by atoms with E-state index in [9.17, 15) is 9.90 Å². The fraction of sp³-hybridized carbons (Fsp3) is 0.632. The lowest BCUT2D eigenvalue weighted by atomic mass is 9.60. The van der Waals surface area contributed by atoms with Crippen molar-refractivity contribution in [2.24, 2.45) is 5.92 Å². The van der Waals surface area contributed by atoms with Crippen LogP contribution in [0.3, 0.4) is 0 Å². The number of aliphatic carboxylic acids is 1. The number of hydrogen-bond acceptors (Lipinski definition) is 3. The van der Waals surface area contributed by atoms with Crippen molar-refractivity contribution in [3.63, 3.8) is 0 Å². The van der Waals surface area contributed by atoms with E-state index in [2.05, 4.69) is 11.8 Å². The molecule has 3 rings (SSSR count). The average Bonchev–Trinajstić information content (AvgIpc) is 2.62. The molecular weight excluding hydrogens is 290 g/mol. The Hall–Kier alpha value is -1.39. The van der Waals surface area contributed by atoms with Gasteiger partial charge in [0.05, 0.1) is 18.6 Å². The second kappa shape index (κ2) is 7.02. The lowest BCUT2D eigenvalue weighted by Crippen LogP contribution is -2.55. The molecule has 0 amide bonds. The summed E-state index contributed by atoms with van der Waals surface area (Å²) in [6.45, 7) is 5.52. The van der Waals surface area contributed by atoms with Crippen LogP contribution in [0.25, 0.3) is 0 Å². The zero-order valence-corrected chi connectivity index (χ0v) is 13.9. The van der Waals surface area contributed by atoms with Crippen molar-refractivity contribution in [1.82, 2.24) is 4.90 Å². The highest BCUT2D eigenvalue weighted by molar-refractivity contribution is 5.82. The van der Waals surface area contributed by atoms with E-state index in [4.69, 9.17) is 4.74 Å². The van der Waals surface area contributed by atoms with Gasteiger partial charge >= 0.3 is 5.97 Å². The van der Waals surface area contributed by atoms with Crippen molar-refractivity contribution in [1.29, 1.82) is 0 Å². The van der Waals surface area contributed by atoms with Gasteiger partial charge in [-0.25, -0.2) is 0 Å². The summed E-state index contributed by atoms with van der Waals surface area (Å²) in [5, 5.41) is 10.2. The van der Waals surface area contributed by atoms with E-state index in [1.807, 2.05) is 30.3 Å². The first-order chi connectivity index (χ1) is 11.2. The van der Waals surface area contributed by atoms with Gasteiger partial charge in [-0.05, 0) is 31.2 Å².